The van der Waals surface area contributed by atoms with Crippen molar-refractivity contribution in [2.24, 2.45) is 0 Å². The number of nitrogens with zero attached hydrogens (tertiary/aromatic N) is 2. The molecule has 2 heterocycles. The van der Waals surface area contributed by atoms with E-state index in [0.717, 1.165) is 0 Å². The SMILES string of the molecule is COCCNC(=O)c1cc(C(=O)N2CCOCC2)ccn1. The Morgan fingerprint density at radius 2 is 2.19 bits per heavy atom. The normalized spacial score (nSPS) is 14.8. The number of aromatic nitrogens is 1. The Labute approximate surface area is 123 Å². The Morgan fingerprint density at radius 1 is 1.43 bits per heavy atom. The van der Waals surface area contributed by atoms with Crippen molar-refractivity contribution >= 4 is 11.8 Å². The van der Waals surface area contributed by atoms with Crippen LogP contribution in [0.25, 0.3) is 0 Å². The number of methoxy groups -OCH3 is 1. The first-order valence-electron chi connectivity index (χ1n) is 6.82. The maximum atomic E-state index is 12.3. The van der Waals surface area contributed by atoms with E-state index < -0.39 is 0 Å². The van der Waals surface area contributed by atoms with Crippen LogP contribution in [0.2, 0.25) is 0 Å². The van der Waals surface area contributed by atoms with Crippen LogP contribution in [0, 0.1) is 0 Å². The summed E-state index contributed by atoms with van der Waals surface area (Å²) < 4.78 is 10.1. The third kappa shape index (κ3) is 4.24. The van der Waals surface area contributed by atoms with Crippen molar-refractivity contribution in [3.8, 4) is 0 Å². The summed E-state index contributed by atoms with van der Waals surface area (Å²) in [5, 5.41) is 2.67. The topological polar surface area (TPSA) is 80.8 Å². The second-order valence-electron chi connectivity index (χ2n) is 4.58. The number of hydrogen-bond donors (Lipinski definition) is 1. The molecular weight excluding hydrogens is 274 g/mol. The van der Waals surface area contributed by atoms with Gasteiger partial charge in [0.05, 0.1) is 19.8 Å². The van der Waals surface area contributed by atoms with Gasteiger partial charge in [-0.25, -0.2) is 0 Å². The van der Waals surface area contributed by atoms with Gasteiger partial charge in [0.15, 0.2) is 0 Å². The van der Waals surface area contributed by atoms with Crippen LogP contribution in [0.3, 0.4) is 0 Å². The van der Waals surface area contributed by atoms with E-state index >= 15 is 0 Å². The molecule has 21 heavy (non-hydrogen) atoms. The molecule has 0 spiro atoms. The second kappa shape index (κ2) is 7.70. The molecule has 0 radical (unpaired) electrons. The van der Waals surface area contributed by atoms with Crippen LogP contribution in [0.15, 0.2) is 18.3 Å². The molecule has 1 aromatic rings. The fourth-order valence-corrected chi connectivity index (χ4v) is 1.99. The Bertz CT molecular complexity index is 501. The van der Waals surface area contributed by atoms with Gasteiger partial charge in [-0.1, -0.05) is 0 Å². The number of ether oxygens (including phenoxy) is 2. The Kier molecular flexibility index (Phi) is 5.65. The molecule has 1 saturated heterocycles. The van der Waals surface area contributed by atoms with Gasteiger partial charge in [-0.3, -0.25) is 14.6 Å². The number of hydrogen-bond acceptors (Lipinski definition) is 5. The molecule has 114 valence electrons. The predicted octanol–water partition coefficient (Wildman–Crippen LogP) is -0.0698. The Morgan fingerprint density at radius 3 is 2.90 bits per heavy atom. The average Bonchev–Trinajstić information content (AvgIpc) is 2.55. The van der Waals surface area contributed by atoms with Gasteiger partial charge < -0.3 is 19.7 Å². The molecule has 0 bridgehead atoms. The maximum absolute atomic E-state index is 12.3. The molecule has 7 heteroatoms. The van der Waals surface area contributed by atoms with Crippen LogP contribution in [-0.2, 0) is 9.47 Å². The van der Waals surface area contributed by atoms with Crippen LogP contribution in [-0.4, -0.2) is 68.3 Å². The summed E-state index contributed by atoms with van der Waals surface area (Å²) >= 11 is 0. The molecule has 2 amide bonds. The van der Waals surface area contributed by atoms with Crippen molar-refractivity contribution in [1.29, 1.82) is 0 Å². The quantitative estimate of drug-likeness (QED) is 0.769. The lowest BCUT2D eigenvalue weighted by molar-refractivity contribution is 0.0303. The molecule has 1 fully saturated rings. The number of pyridine rings is 1. The second-order valence-corrected chi connectivity index (χ2v) is 4.58. The van der Waals surface area contributed by atoms with Crippen LogP contribution in [0.4, 0.5) is 0 Å². The fourth-order valence-electron chi connectivity index (χ4n) is 1.99. The van der Waals surface area contributed by atoms with Gasteiger partial charge in [-0.15, -0.1) is 0 Å². The third-order valence-corrected chi connectivity index (χ3v) is 3.13. The van der Waals surface area contributed by atoms with E-state index in [1.165, 1.54) is 12.3 Å². The summed E-state index contributed by atoms with van der Waals surface area (Å²) in [6.07, 6.45) is 1.47. The van der Waals surface area contributed by atoms with Crippen LogP contribution >= 0.6 is 0 Å². The maximum Gasteiger partial charge on any atom is 0.269 e. The predicted molar refractivity (Wildman–Crippen MR) is 75.2 cm³/mol. The summed E-state index contributed by atoms with van der Waals surface area (Å²) in [5.74, 6) is -0.421. The van der Waals surface area contributed by atoms with Crippen molar-refractivity contribution in [3.05, 3.63) is 29.6 Å². The number of morpholine rings is 1. The van der Waals surface area contributed by atoms with Crippen LogP contribution in [0.1, 0.15) is 20.8 Å². The number of amides is 2. The van der Waals surface area contributed by atoms with Gasteiger partial charge in [0.1, 0.15) is 5.69 Å². The minimum Gasteiger partial charge on any atom is -0.383 e. The monoisotopic (exact) mass is 293 g/mol. The smallest absolute Gasteiger partial charge is 0.269 e. The van der Waals surface area contributed by atoms with E-state index in [9.17, 15) is 9.59 Å². The largest absolute Gasteiger partial charge is 0.383 e. The molecule has 0 aliphatic carbocycles. The summed E-state index contributed by atoms with van der Waals surface area (Å²) in [6, 6.07) is 3.13. The van der Waals surface area contributed by atoms with E-state index in [1.54, 1.807) is 18.1 Å². The number of carbonyl (C=O) groups excluding carboxylic acids is 2. The minimum absolute atomic E-state index is 0.105. The molecule has 1 N–H and O–H groups in total. The number of nitrogens with one attached hydrogen (secondary N) is 1. The summed E-state index contributed by atoms with van der Waals surface area (Å²) in [5.41, 5.74) is 0.689. The zero-order valence-corrected chi connectivity index (χ0v) is 12.0. The van der Waals surface area contributed by atoms with Crippen molar-refractivity contribution in [1.82, 2.24) is 15.2 Å². The zero-order valence-electron chi connectivity index (χ0n) is 12.0. The van der Waals surface area contributed by atoms with E-state index in [0.29, 0.717) is 45.0 Å². The third-order valence-electron chi connectivity index (χ3n) is 3.13. The van der Waals surface area contributed by atoms with Crippen molar-refractivity contribution in [2.45, 2.75) is 0 Å². The molecule has 0 atom stereocenters. The molecule has 2 rings (SSSR count). The molecule has 7 nitrogen and oxygen atoms in total. The standard InChI is InChI=1S/C14H19N3O4/c1-20-7-4-16-13(18)12-10-11(2-3-15-12)14(19)17-5-8-21-9-6-17/h2-3,10H,4-9H2,1H3,(H,16,18). The van der Waals surface area contributed by atoms with Gasteiger partial charge in [-0.2, -0.15) is 0 Å². The van der Waals surface area contributed by atoms with Crippen LogP contribution < -0.4 is 5.32 Å². The summed E-state index contributed by atoms with van der Waals surface area (Å²) in [4.78, 5) is 29.9. The lowest BCUT2D eigenvalue weighted by Gasteiger charge is -2.26. The summed E-state index contributed by atoms with van der Waals surface area (Å²) in [6.45, 7) is 3.05. The molecule has 1 aromatic heterocycles. The zero-order chi connectivity index (χ0) is 15.1. The molecule has 0 saturated carbocycles. The van der Waals surface area contributed by atoms with Gasteiger partial charge in [0.2, 0.25) is 0 Å². The first kappa shape index (κ1) is 15.4. The molecule has 1 aliphatic rings. The lowest BCUT2D eigenvalue weighted by Crippen LogP contribution is -2.40. The van der Waals surface area contributed by atoms with Crippen molar-refractivity contribution < 1.29 is 19.1 Å². The highest BCUT2D eigenvalue weighted by Crippen LogP contribution is 2.08. The first-order valence-corrected chi connectivity index (χ1v) is 6.82. The highest BCUT2D eigenvalue weighted by Gasteiger charge is 2.19. The fraction of sp³-hybridized carbons (Fsp3) is 0.500. The molecule has 0 aromatic carbocycles. The van der Waals surface area contributed by atoms with Gasteiger partial charge in [0.25, 0.3) is 11.8 Å². The Hall–Kier alpha value is -1.99. The summed E-state index contributed by atoms with van der Waals surface area (Å²) in [7, 11) is 1.56. The number of carbonyl (C=O) groups is 2. The lowest BCUT2D eigenvalue weighted by atomic mass is 10.2. The Balaban J connectivity index is 2.02. The first-order chi connectivity index (χ1) is 10.2. The number of rotatable bonds is 5. The highest BCUT2D eigenvalue weighted by atomic mass is 16.5. The van der Waals surface area contributed by atoms with Gasteiger partial charge in [-0.05, 0) is 12.1 Å². The van der Waals surface area contributed by atoms with E-state index in [2.05, 4.69) is 10.3 Å². The van der Waals surface area contributed by atoms with Crippen LogP contribution in [0.5, 0.6) is 0 Å². The molecular formula is C14H19N3O4. The average molecular weight is 293 g/mol. The van der Waals surface area contributed by atoms with E-state index in [1.807, 2.05) is 0 Å². The molecule has 0 unspecified atom stereocenters. The van der Waals surface area contributed by atoms with E-state index in [-0.39, 0.29) is 17.5 Å². The minimum atomic E-state index is -0.316. The molecule has 1 aliphatic heterocycles. The van der Waals surface area contributed by atoms with Crippen molar-refractivity contribution in [2.75, 3.05) is 46.6 Å². The van der Waals surface area contributed by atoms with Gasteiger partial charge >= 0.3 is 0 Å². The van der Waals surface area contributed by atoms with E-state index in [4.69, 9.17) is 9.47 Å². The van der Waals surface area contributed by atoms with Gasteiger partial charge in [0, 0.05) is 38.5 Å². The highest BCUT2D eigenvalue weighted by molar-refractivity contribution is 5.98. The van der Waals surface area contributed by atoms with Crippen molar-refractivity contribution in [3.63, 3.8) is 0 Å².